The Hall–Kier alpha value is -4.78. The van der Waals surface area contributed by atoms with Crippen molar-refractivity contribution in [1.29, 1.82) is 0 Å². The monoisotopic (exact) mass is 435 g/mol. The number of hydrogen-bond acceptors (Lipinski definition) is 7. The number of aromatic nitrogens is 2. The van der Waals surface area contributed by atoms with E-state index in [2.05, 4.69) is 57.3 Å². The van der Waals surface area contributed by atoms with Gasteiger partial charge in [-0.1, -0.05) is 74.9 Å². The molecule has 3 rings (SSSR count). The predicted octanol–water partition coefficient (Wildman–Crippen LogP) is 5.52. The third kappa shape index (κ3) is 6.11. The van der Waals surface area contributed by atoms with Crippen LogP contribution in [0.3, 0.4) is 0 Å². The fourth-order valence-corrected chi connectivity index (χ4v) is 3.00. The number of benzene rings is 2. The molecular weight excluding hydrogens is 410 g/mol. The molecule has 7 nitrogen and oxygen atoms in total. The third-order valence-corrected chi connectivity index (χ3v) is 4.63. The normalized spacial score (nSPS) is 10.8. The molecule has 0 bridgehead atoms. The first-order valence-corrected chi connectivity index (χ1v) is 10.1. The van der Waals surface area contributed by atoms with Crippen LogP contribution in [-0.2, 0) is 0 Å². The number of nitrogen functional groups attached to an aromatic ring is 1. The van der Waals surface area contributed by atoms with Crippen molar-refractivity contribution in [2.75, 3.05) is 16.6 Å². The molecule has 0 aliphatic heterocycles. The van der Waals surface area contributed by atoms with Crippen molar-refractivity contribution in [3.63, 3.8) is 0 Å². The van der Waals surface area contributed by atoms with E-state index in [4.69, 9.17) is 5.73 Å². The molecule has 0 fully saturated rings. The second-order valence-corrected chi connectivity index (χ2v) is 6.83. The van der Waals surface area contributed by atoms with Gasteiger partial charge in [-0.2, -0.15) is 20.2 Å². The van der Waals surface area contributed by atoms with Gasteiger partial charge >= 0.3 is 0 Å². The van der Waals surface area contributed by atoms with Gasteiger partial charge in [-0.25, -0.2) is 0 Å². The fourth-order valence-electron chi connectivity index (χ4n) is 3.00. The number of hydrogen-bond donors (Lipinski definition) is 3. The van der Waals surface area contributed by atoms with Gasteiger partial charge in [0, 0.05) is 6.07 Å². The molecule has 0 amide bonds. The summed E-state index contributed by atoms with van der Waals surface area (Å²) in [6, 6.07) is 13.4. The number of nitrogens with two attached hydrogens (primary N) is 1. The first kappa shape index (κ1) is 22.9. The zero-order chi connectivity index (χ0) is 23.6. The quantitative estimate of drug-likeness (QED) is 0.287. The maximum Gasteiger partial charge on any atom is 0.224 e. The summed E-state index contributed by atoms with van der Waals surface area (Å²) < 4.78 is 0. The standard InChI is InChI=1S/C26H25N7/c1-5-20-11-9-18(13-22(20)7-3)16-28-32-24-15-25(31-26(27)30-24)33-29-17-19-10-12-21(6-2)23(8-4)14-19/h5-17H,1-4H2,(H4,27,30,31,32,33)/b28-16+,29-17+. The number of nitrogens with one attached hydrogen (secondary N) is 2. The molecule has 7 heteroatoms. The number of anilines is 3. The van der Waals surface area contributed by atoms with Gasteiger partial charge in [0.1, 0.15) is 0 Å². The molecule has 2 aromatic carbocycles. The van der Waals surface area contributed by atoms with E-state index in [1.165, 1.54) is 0 Å². The molecule has 1 aromatic heterocycles. The topological polar surface area (TPSA) is 101 Å². The largest absolute Gasteiger partial charge is 0.368 e. The van der Waals surface area contributed by atoms with E-state index in [-0.39, 0.29) is 5.95 Å². The molecule has 1 heterocycles. The molecule has 0 unspecified atom stereocenters. The summed E-state index contributed by atoms with van der Waals surface area (Å²) >= 11 is 0. The van der Waals surface area contributed by atoms with Gasteiger partial charge in [0.15, 0.2) is 11.6 Å². The van der Waals surface area contributed by atoms with Crippen molar-refractivity contribution in [2.24, 2.45) is 10.2 Å². The van der Waals surface area contributed by atoms with E-state index in [1.807, 2.05) is 36.4 Å². The highest BCUT2D eigenvalue weighted by Crippen LogP contribution is 2.16. The zero-order valence-electron chi connectivity index (χ0n) is 18.2. The van der Waals surface area contributed by atoms with E-state index in [0.29, 0.717) is 11.6 Å². The fraction of sp³-hybridized carbons (Fsp3) is 0. The van der Waals surface area contributed by atoms with Crippen LogP contribution < -0.4 is 16.6 Å². The molecule has 0 radical (unpaired) electrons. The molecule has 0 saturated heterocycles. The van der Waals surface area contributed by atoms with E-state index in [1.54, 1.807) is 42.8 Å². The second-order valence-electron chi connectivity index (χ2n) is 6.83. The SMILES string of the molecule is C=Cc1ccc(/C=N/Nc2cc(N/N=C/c3ccc(C=C)c(C=C)c3)nc(N)n2)cc1C=C. The third-order valence-electron chi connectivity index (χ3n) is 4.63. The van der Waals surface area contributed by atoms with Crippen LogP contribution in [0.4, 0.5) is 17.6 Å². The molecule has 33 heavy (non-hydrogen) atoms. The minimum absolute atomic E-state index is 0.0847. The molecular formula is C26H25N7. The lowest BCUT2D eigenvalue weighted by molar-refractivity contribution is 1.13. The Morgan fingerprint density at radius 1 is 0.636 bits per heavy atom. The van der Waals surface area contributed by atoms with E-state index >= 15 is 0 Å². The highest BCUT2D eigenvalue weighted by molar-refractivity contribution is 5.83. The molecule has 0 atom stereocenters. The summed E-state index contributed by atoms with van der Waals surface area (Å²) in [7, 11) is 0. The lowest BCUT2D eigenvalue weighted by Gasteiger charge is -2.05. The smallest absolute Gasteiger partial charge is 0.224 e. The van der Waals surface area contributed by atoms with Crippen molar-refractivity contribution >= 4 is 54.3 Å². The molecule has 4 N–H and O–H groups in total. The molecule has 164 valence electrons. The van der Waals surface area contributed by atoms with Crippen LogP contribution in [0.15, 0.2) is 79.0 Å². The average molecular weight is 436 g/mol. The molecule has 0 saturated carbocycles. The van der Waals surface area contributed by atoms with E-state index in [9.17, 15) is 0 Å². The Bertz CT molecular complexity index is 1160. The Morgan fingerprint density at radius 2 is 1.06 bits per heavy atom. The maximum atomic E-state index is 5.82. The Morgan fingerprint density at radius 3 is 1.45 bits per heavy atom. The number of hydrazone groups is 2. The number of rotatable bonds is 10. The minimum atomic E-state index is 0.0847. The predicted molar refractivity (Wildman–Crippen MR) is 142 cm³/mol. The average Bonchev–Trinajstić information content (AvgIpc) is 2.83. The first-order valence-electron chi connectivity index (χ1n) is 10.1. The Balaban J connectivity index is 1.68. The highest BCUT2D eigenvalue weighted by atomic mass is 15.3. The summed E-state index contributed by atoms with van der Waals surface area (Å²) in [5.74, 6) is 0.932. The Labute approximate surface area is 193 Å². The van der Waals surface area contributed by atoms with Gasteiger partial charge in [-0.3, -0.25) is 10.9 Å². The van der Waals surface area contributed by atoms with Gasteiger partial charge in [0.2, 0.25) is 5.95 Å². The zero-order valence-corrected chi connectivity index (χ0v) is 18.2. The van der Waals surface area contributed by atoms with Crippen molar-refractivity contribution in [3.8, 4) is 0 Å². The van der Waals surface area contributed by atoms with Crippen molar-refractivity contribution in [3.05, 3.63) is 102 Å². The van der Waals surface area contributed by atoms with Crippen LogP contribution in [0.5, 0.6) is 0 Å². The Kier molecular flexibility index (Phi) is 7.64. The van der Waals surface area contributed by atoms with Crippen LogP contribution in [0.25, 0.3) is 24.3 Å². The summed E-state index contributed by atoms with van der Waals surface area (Å²) in [5.41, 5.74) is 17.3. The summed E-state index contributed by atoms with van der Waals surface area (Å²) in [5, 5.41) is 8.45. The van der Waals surface area contributed by atoms with Gasteiger partial charge in [-0.15, -0.1) is 0 Å². The van der Waals surface area contributed by atoms with Crippen molar-refractivity contribution in [2.45, 2.75) is 0 Å². The summed E-state index contributed by atoms with van der Waals surface area (Å²) in [6.07, 6.45) is 10.5. The summed E-state index contributed by atoms with van der Waals surface area (Å²) in [4.78, 5) is 8.27. The first-order chi connectivity index (χ1) is 16.1. The van der Waals surface area contributed by atoms with Crippen LogP contribution in [0.1, 0.15) is 33.4 Å². The molecule has 3 aromatic rings. The summed E-state index contributed by atoms with van der Waals surface area (Å²) in [6.45, 7) is 15.2. The van der Waals surface area contributed by atoms with Gasteiger partial charge in [0.25, 0.3) is 0 Å². The van der Waals surface area contributed by atoms with E-state index < -0.39 is 0 Å². The molecule has 0 spiro atoms. The van der Waals surface area contributed by atoms with Crippen LogP contribution in [-0.4, -0.2) is 22.4 Å². The minimum Gasteiger partial charge on any atom is -0.368 e. The van der Waals surface area contributed by atoms with Gasteiger partial charge in [0.05, 0.1) is 12.4 Å². The molecule has 0 aliphatic rings. The van der Waals surface area contributed by atoms with Crippen molar-refractivity contribution in [1.82, 2.24) is 9.97 Å². The maximum absolute atomic E-state index is 5.82. The lowest BCUT2D eigenvalue weighted by atomic mass is 10.0. The van der Waals surface area contributed by atoms with E-state index in [0.717, 1.165) is 33.4 Å². The van der Waals surface area contributed by atoms with Gasteiger partial charge < -0.3 is 5.73 Å². The van der Waals surface area contributed by atoms with Gasteiger partial charge in [-0.05, 0) is 45.5 Å². The van der Waals surface area contributed by atoms with Crippen LogP contribution in [0.2, 0.25) is 0 Å². The lowest BCUT2D eigenvalue weighted by Crippen LogP contribution is -2.03. The van der Waals surface area contributed by atoms with Crippen LogP contribution >= 0.6 is 0 Å². The number of nitrogens with zero attached hydrogens (tertiary/aromatic N) is 4. The molecule has 0 aliphatic carbocycles. The van der Waals surface area contributed by atoms with Crippen molar-refractivity contribution < 1.29 is 0 Å². The highest BCUT2D eigenvalue weighted by Gasteiger charge is 2.02. The van der Waals surface area contributed by atoms with Crippen LogP contribution in [0, 0.1) is 0 Å². The second kappa shape index (κ2) is 11.0.